The largest absolute Gasteiger partial charge is 0.361 e. The van der Waals surface area contributed by atoms with E-state index in [1.807, 2.05) is 0 Å². The van der Waals surface area contributed by atoms with Gasteiger partial charge in [0.15, 0.2) is 6.10 Å². The van der Waals surface area contributed by atoms with Gasteiger partial charge < -0.3 is 4.74 Å². The Bertz CT molecular complexity index is 169. The smallest absolute Gasteiger partial charge is 0.156 e. The maximum absolute atomic E-state index is 8.62. The highest BCUT2D eigenvalue weighted by Gasteiger charge is 2.18. The molecule has 1 atom stereocenters. The number of alkyl halides is 1. The van der Waals surface area contributed by atoms with Crippen molar-refractivity contribution in [2.75, 3.05) is 31.6 Å². The van der Waals surface area contributed by atoms with Gasteiger partial charge in [-0.1, -0.05) is 15.9 Å². The van der Waals surface area contributed by atoms with E-state index in [2.05, 4.69) is 26.9 Å². The molecule has 1 unspecified atom stereocenters. The lowest BCUT2D eigenvalue weighted by Crippen LogP contribution is -2.42. The van der Waals surface area contributed by atoms with Crippen molar-refractivity contribution in [2.45, 2.75) is 12.5 Å². The second-order valence-electron chi connectivity index (χ2n) is 2.83. The fourth-order valence-electron chi connectivity index (χ4n) is 1.27. The summed E-state index contributed by atoms with van der Waals surface area (Å²) in [6.07, 6.45) is 0.923. The van der Waals surface area contributed by atoms with Crippen molar-refractivity contribution < 1.29 is 4.74 Å². The van der Waals surface area contributed by atoms with Crippen molar-refractivity contribution in [2.24, 2.45) is 0 Å². The average Bonchev–Trinajstić information content (AvgIpc) is 2.15. The minimum Gasteiger partial charge on any atom is -0.361 e. The molecule has 68 valence electrons. The summed E-state index contributed by atoms with van der Waals surface area (Å²) in [5, 5.41) is 9.65. The number of morpholine rings is 1. The van der Waals surface area contributed by atoms with Crippen LogP contribution in [-0.2, 0) is 4.74 Å². The van der Waals surface area contributed by atoms with Crippen LogP contribution in [0.15, 0.2) is 0 Å². The van der Waals surface area contributed by atoms with Gasteiger partial charge in [0.25, 0.3) is 0 Å². The van der Waals surface area contributed by atoms with E-state index in [1.165, 1.54) is 0 Å². The first-order valence-corrected chi connectivity index (χ1v) is 5.28. The zero-order valence-corrected chi connectivity index (χ0v) is 8.59. The van der Waals surface area contributed by atoms with Gasteiger partial charge in [-0.3, -0.25) is 4.90 Å². The van der Waals surface area contributed by atoms with Crippen molar-refractivity contribution in [3.63, 3.8) is 0 Å². The first-order chi connectivity index (χ1) is 5.86. The van der Waals surface area contributed by atoms with E-state index >= 15 is 0 Å². The van der Waals surface area contributed by atoms with Crippen LogP contribution in [0.2, 0.25) is 0 Å². The van der Waals surface area contributed by atoms with Crippen molar-refractivity contribution >= 4 is 15.9 Å². The summed E-state index contributed by atoms with van der Waals surface area (Å²) in [7, 11) is 0. The maximum Gasteiger partial charge on any atom is 0.156 e. The van der Waals surface area contributed by atoms with Crippen LogP contribution in [-0.4, -0.2) is 42.6 Å². The van der Waals surface area contributed by atoms with E-state index in [0.29, 0.717) is 6.61 Å². The monoisotopic (exact) mass is 232 g/mol. The standard InChI is InChI=1S/C8H13BrN2O/c9-2-1-3-11-4-5-12-8(6-10)7-11/h8H,1-5,7H2. The fourth-order valence-corrected chi connectivity index (χ4v) is 1.52. The molecule has 0 aromatic rings. The van der Waals surface area contributed by atoms with Crippen LogP contribution in [0.5, 0.6) is 0 Å². The van der Waals surface area contributed by atoms with Gasteiger partial charge in [0, 0.05) is 18.4 Å². The zero-order valence-electron chi connectivity index (χ0n) is 7.00. The van der Waals surface area contributed by atoms with Crippen LogP contribution in [0.25, 0.3) is 0 Å². The third-order valence-electron chi connectivity index (χ3n) is 1.90. The van der Waals surface area contributed by atoms with E-state index in [9.17, 15) is 0 Å². The Morgan fingerprint density at radius 2 is 2.50 bits per heavy atom. The fraction of sp³-hybridized carbons (Fsp3) is 0.875. The number of halogens is 1. The Labute approximate surface area is 81.4 Å². The number of nitrogens with zero attached hydrogens (tertiary/aromatic N) is 2. The maximum atomic E-state index is 8.62. The van der Waals surface area contributed by atoms with E-state index < -0.39 is 0 Å². The molecule has 0 N–H and O–H groups in total. The van der Waals surface area contributed by atoms with E-state index in [-0.39, 0.29) is 6.10 Å². The van der Waals surface area contributed by atoms with Crippen molar-refractivity contribution in [3.8, 4) is 6.07 Å². The molecule has 0 bridgehead atoms. The highest BCUT2D eigenvalue weighted by Crippen LogP contribution is 2.05. The summed E-state index contributed by atoms with van der Waals surface area (Å²) in [5.41, 5.74) is 0. The molecule has 0 aromatic heterocycles. The van der Waals surface area contributed by atoms with Gasteiger partial charge in [-0.15, -0.1) is 0 Å². The quantitative estimate of drug-likeness (QED) is 0.682. The minimum atomic E-state index is -0.214. The second-order valence-corrected chi connectivity index (χ2v) is 3.62. The molecule has 4 heteroatoms. The third-order valence-corrected chi connectivity index (χ3v) is 2.46. The topological polar surface area (TPSA) is 36.3 Å². The molecular formula is C8H13BrN2O. The Kier molecular flexibility index (Phi) is 4.59. The Morgan fingerprint density at radius 3 is 3.17 bits per heavy atom. The number of nitriles is 1. The summed E-state index contributed by atoms with van der Waals surface area (Å²) < 4.78 is 5.22. The van der Waals surface area contributed by atoms with Crippen molar-refractivity contribution in [1.29, 1.82) is 5.26 Å². The Balaban J connectivity index is 2.22. The minimum absolute atomic E-state index is 0.214. The van der Waals surface area contributed by atoms with Crippen molar-refractivity contribution in [3.05, 3.63) is 0 Å². The molecule has 0 saturated carbocycles. The number of hydrogen-bond acceptors (Lipinski definition) is 3. The van der Waals surface area contributed by atoms with Gasteiger partial charge in [0.1, 0.15) is 0 Å². The molecule has 0 amide bonds. The molecule has 1 fully saturated rings. The molecule has 1 saturated heterocycles. The zero-order chi connectivity index (χ0) is 8.81. The predicted molar refractivity (Wildman–Crippen MR) is 50.2 cm³/mol. The molecule has 1 aliphatic rings. The van der Waals surface area contributed by atoms with Gasteiger partial charge in [-0.2, -0.15) is 5.26 Å². The Hall–Kier alpha value is -0.110. The molecule has 0 spiro atoms. The van der Waals surface area contributed by atoms with Gasteiger partial charge in [0.05, 0.1) is 12.7 Å². The molecule has 1 heterocycles. The van der Waals surface area contributed by atoms with Crippen LogP contribution < -0.4 is 0 Å². The third kappa shape index (κ3) is 3.10. The van der Waals surface area contributed by atoms with E-state index in [1.54, 1.807) is 0 Å². The van der Waals surface area contributed by atoms with Crippen molar-refractivity contribution in [1.82, 2.24) is 4.90 Å². The lowest BCUT2D eigenvalue weighted by Gasteiger charge is -2.29. The van der Waals surface area contributed by atoms with Gasteiger partial charge >= 0.3 is 0 Å². The van der Waals surface area contributed by atoms with Crippen LogP contribution in [0, 0.1) is 11.3 Å². The lowest BCUT2D eigenvalue weighted by molar-refractivity contribution is 0.000822. The molecule has 1 rings (SSSR count). The molecule has 0 radical (unpaired) electrons. The van der Waals surface area contributed by atoms with Crippen LogP contribution >= 0.6 is 15.9 Å². The summed E-state index contributed by atoms with van der Waals surface area (Å²) in [5.74, 6) is 0. The van der Waals surface area contributed by atoms with Crippen LogP contribution in [0.3, 0.4) is 0 Å². The van der Waals surface area contributed by atoms with Crippen LogP contribution in [0.1, 0.15) is 6.42 Å². The SMILES string of the molecule is N#CC1CN(CCCBr)CCO1. The highest BCUT2D eigenvalue weighted by atomic mass is 79.9. The first kappa shape index (κ1) is 9.97. The summed E-state index contributed by atoms with van der Waals surface area (Å²) in [6, 6.07) is 2.13. The average molecular weight is 233 g/mol. The van der Waals surface area contributed by atoms with E-state index in [4.69, 9.17) is 10.00 Å². The van der Waals surface area contributed by atoms with E-state index in [0.717, 1.165) is 31.4 Å². The molecular weight excluding hydrogens is 220 g/mol. The highest BCUT2D eigenvalue weighted by molar-refractivity contribution is 9.09. The molecule has 3 nitrogen and oxygen atoms in total. The lowest BCUT2D eigenvalue weighted by atomic mass is 10.3. The molecule has 12 heavy (non-hydrogen) atoms. The molecule has 0 aliphatic carbocycles. The number of hydrogen-bond donors (Lipinski definition) is 0. The Morgan fingerprint density at radius 1 is 1.67 bits per heavy atom. The summed E-state index contributed by atoms with van der Waals surface area (Å²) in [6.45, 7) is 3.49. The second kappa shape index (κ2) is 5.52. The summed E-state index contributed by atoms with van der Waals surface area (Å²) >= 11 is 3.39. The number of rotatable bonds is 3. The first-order valence-electron chi connectivity index (χ1n) is 4.16. The number of ether oxygens (including phenoxy) is 1. The molecule has 0 aromatic carbocycles. The van der Waals surface area contributed by atoms with Crippen LogP contribution in [0.4, 0.5) is 0 Å². The summed E-state index contributed by atoms with van der Waals surface area (Å²) in [4.78, 5) is 2.28. The molecule has 1 aliphatic heterocycles. The van der Waals surface area contributed by atoms with Gasteiger partial charge in [-0.05, 0) is 13.0 Å². The predicted octanol–water partition coefficient (Wildman–Crippen LogP) is 0.996. The van der Waals surface area contributed by atoms with Gasteiger partial charge in [0.2, 0.25) is 0 Å². The van der Waals surface area contributed by atoms with Gasteiger partial charge in [-0.25, -0.2) is 0 Å². The normalized spacial score (nSPS) is 25.2.